The number of hydrogen-bond acceptors (Lipinski definition) is 5. The van der Waals surface area contributed by atoms with Crippen LogP contribution in [0.2, 0.25) is 0 Å². The monoisotopic (exact) mass is 417 g/mol. The molecule has 0 radical (unpaired) electrons. The normalized spacial score (nSPS) is 38.6. The first-order valence-corrected chi connectivity index (χ1v) is 8.11. The molecule has 3 N–H and O–H groups in total. The first-order chi connectivity index (χ1) is 11.0. The van der Waals surface area contributed by atoms with Crippen molar-refractivity contribution in [3.05, 3.63) is 41.1 Å². The van der Waals surface area contributed by atoms with Crippen molar-refractivity contribution in [2.24, 2.45) is 0 Å². The SMILES string of the molecule is Br.C[N+]1([O-])[C@@H]2CC(OC(=O)[C@H](CO)c3ccccc3)C[C@H]1[C@@H]1O[C@@H]12.O. The highest BCUT2D eigenvalue weighted by Crippen LogP contribution is 2.52. The Morgan fingerprint density at radius 3 is 2.40 bits per heavy atom. The number of morpholine rings is 1. The van der Waals surface area contributed by atoms with Gasteiger partial charge in [0.05, 0.1) is 13.7 Å². The van der Waals surface area contributed by atoms with Gasteiger partial charge in [0.15, 0.2) is 0 Å². The number of quaternary nitrogens is 1. The maximum atomic E-state index is 12.6. The number of rotatable bonds is 4. The molecule has 3 saturated heterocycles. The lowest BCUT2D eigenvalue weighted by Gasteiger charge is -2.51. The Morgan fingerprint density at radius 2 is 1.88 bits per heavy atom. The van der Waals surface area contributed by atoms with Crippen LogP contribution in [0.3, 0.4) is 0 Å². The molecule has 3 aliphatic rings. The highest BCUT2D eigenvalue weighted by molar-refractivity contribution is 8.93. The number of benzene rings is 1. The molecule has 0 amide bonds. The summed E-state index contributed by atoms with van der Waals surface area (Å²) in [5, 5.41) is 22.2. The lowest BCUT2D eigenvalue weighted by Crippen LogP contribution is -2.58. The summed E-state index contributed by atoms with van der Waals surface area (Å²) in [6.07, 6.45) is 0.891. The zero-order valence-electron chi connectivity index (χ0n) is 13.9. The Bertz CT molecular complexity index is 592. The predicted molar refractivity (Wildman–Crippen MR) is 95.1 cm³/mol. The number of fused-ring (bicyclic) bond motifs is 5. The minimum atomic E-state index is -0.672. The van der Waals surface area contributed by atoms with Crippen LogP contribution >= 0.6 is 17.0 Å². The van der Waals surface area contributed by atoms with Crippen molar-refractivity contribution < 1.29 is 29.5 Å². The van der Waals surface area contributed by atoms with Gasteiger partial charge in [-0.05, 0) is 5.56 Å². The number of ether oxygens (including phenoxy) is 2. The van der Waals surface area contributed by atoms with E-state index in [1.54, 1.807) is 19.2 Å². The number of carbonyl (C=O) groups is 1. The van der Waals surface area contributed by atoms with E-state index in [2.05, 4.69) is 0 Å². The molecule has 7 atom stereocenters. The Hall–Kier alpha value is -1.03. The average molecular weight is 418 g/mol. The van der Waals surface area contributed by atoms with Gasteiger partial charge in [-0.3, -0.25) is 4.79 Å². The lowest BCUT2D eigenvalue weighted by molar-refractivity contribution is -0.911. The number of piperidine rings is 1. The van der Waals surface area contributed by atoms with Crippen LogP contribution in [0.1, 0.15) is 24.3 Å². The third-order valence-corrected chi connectivity index (χ3v) is 5.60. The van der Waals surface area contributed by atoms with E-state index in [0.29, 0.717) is 12.8 Å². The first kappa shape index (κ1) is 20.3. The molecule has 140 valence electrons. The van der Waals surface area contributed by atoms with Crippen LogP contribution < -0.4 is 0 Å². The van der Waals surface area contributed by atoms with Crippen LogP contribution in [0.4, 0.5) is 0 Å². The Morgan fingerprint density at radius 1 is 1.32 bits per heavy atom. The van der Waals surface area contributed by atoms with E-state index in [-0.39, 0.29) is 64.1 Å². The Labute approximate surface area is 156 Å². The van der Waals surface area contributed by atoms with Crippen molar-refractivity contribution in [1.82, 2.24) is 0 Å². The number of likely N-dealkylation sites (N-methyl/N-ethyl adjacent to an activating group) is 1. The largest absolute Gasteiger partial charge is 0.632 e. The molecule has 8 heteroatoms. The van der Waals surface area contributed by atoms with E-state index in [0.717, 1.165) is 5.56 Å². The summed E-state index contributed by atoms with van der Waals surface area (Å²) in [4.78, 5) is 12.4. The Kier molecular flexibility index (Phi) is 5.92. The fourth-order valence-corrected chi connectivity index (χ4v) is 4.25. The zero-order chi connectivity index (χ0) is 16.2. The van der Waals surface area contributed by atoms with Gasteiger partial charge < -0.3 is 29.9 Å². The second-order valence-corrected chi connectivity index (χ2v) is 6.94. The van der Waals surface area contributed by atoms with Crippen LogP contribution in [-0.4, -0.2) is 65.2 Å². The smallest absolute Gasteiger partial charge is 0.316 e. The molecule has 3 fully saturated rings. The summed E-state index contributed by atoms with van der Waals surface area (Å²) in [6.45, 7) is -0.286. The van der Waals surface area contributed by atoms with Crippen molar-refractivity contribution in [3.8, 4) is 0 Å². The number of carbonyl (C=O) groups excluding carboxylic acids is 1. The fourth-order valence-electron chi connectivity index (χ4n) is 4.25. The second-order valence-electron chi connectivity index (χ2n) is 6.94. The molecule has 2 bridgehead atoms. The molecule has 0 aliphatic carbocycles. The van der Waals surface area contributed by atoms with Gasteiger partial charge in [0.25, 0.3) is 0 Å². The quantitative estimate of drug-likeness (QED) is 0.335. The fraction of sp³-hybridized carbons (Fsp3) is 0.588. The predicted octanol–water partition coefficient (Wildman–Crippen LogP) is 0.684. The molecule has 3 heterocycles. The van der Waals surface area contributed by atoms with Crippen LogP contribution in [0, 0.1) is 5.21 Å². The van der Waals surface area contributed by atoms with Crippen molar-refractivity contribution in [1.29, 1.82) is 0 Å². The number of hydrogen-bond donors (Lipinski definition) is 1. The molecular weight excluding hydrogens is 394 g/mol. The summed E-state index contributed by atoms with van der Waals surface area (Å²) < 4.78 is 10.9. The van der Waals surface area contributed by atoms with E-state index < -0.39 is 11.9 Å². The molecular formula is C17H24BrNO6. The molecule has 0 aromatic heterocycles. The van der Waals surface area contributed by atoms with E-state index in [1.165, 1.54) is 0 Å². The lowest BCUT2D eigenvalue weighted by atomic mass is 9.97. The first-order valence-electron chi connectivity index (χ1n) is 8.11. The maximum absolute atomic E-state index is 12.6. The second kappa shape index (κ2) is 7.30. The maximum Gasteiger partial charge on any atom is 0.316 e. The minimum absolute atomic E-state index is 0. The molecule has 2 unspecified atom stereocenters. The number of esters is 1. The highest BCUT2D eigenvalue weighted by Gasteiger charge is 2.69. The van der Waals surface area contributed by atoms with Crippen molar-refractivity contribution in [3.63, 3.8) is 0 Å². The van der Waals surface area contributed by atoms with Gasteiger partial charge in [-0.15, -0.1) is 17.0 Å². The summed E-state index contributed by atoms with van der Waals surface area (Å²) >= 11 is 0. The molecule has 3 aliphatic heterocycles. The number of epoxide rings is 1. The molecule has 0 spiro atoms. The Balaban J connectivity index is 0.00000113. The van der Waals surface area contributed by atoms with Gasteiger partial charge in [0.2, 0.25) is 0 Å². The third-order valence-electron chi connectivity index (χ3n) is 5.60. The van der Waals surface area contributed by atoms with Gasteiger partial charge in [-0.2, -0.15) is 0 Å². The van der Waals surface area contributed by atoms with Gasteiger partial charge in [-0.25, -0.2) is 0 Å². The number of aliphatic hydroxyl groups excluding tert-OH is 1. The van der Waals surface area contributed by atoms with E-state index >= 15 is 0 Å². The standard InChI is InChI=1S/C17H21NO5.BrH.H2O/c1-18(21)13-7-11(8-14(18)16-15(13)23-16)22-17(20)12(9-19)10-5-3-2-4-6-10;;/h2-6,11-16,19H,7-9H2,1H3;1H;1H2/t11?,12-,13-,14+,15-,16+,18?;;/m1../s1. The van der Waals surface area contributed by atoms with Gasteiger partial charge in [0, 0.05) is 12.8 Å². The van der Waals surface area contributed by atoms with E-state index in [9.17, 15) is 15.1 Å². The average Bonchev–Trinajstić information content (AvgIpc) is 3.27. The zero-order valence-corrected chi connectivity index (χ0v) is 15.6. The van der Waals surface area contributed by atoms with Gasteiger partial charge in [0.1, 0.15) is 36.3 Å². The number of aliphatic hydroxyl groups is 1. The van der Waals surface area contributed by atoms with Crippen LogP contribution in [-0.2, 0) is 14.3 Å². The number of nitrogens with zero attached hydrogens (tertiary/aromatic N) is 1. The van der Waals surface area contributed by atoms with Crippen molar-refractivity contribution in [2.75, 3.05) is 13.7 Å². The summed E-state index contributed by atoms with van der Waals surface area (Å²) in [5.41, 5.74) is 0.745. The summed E-state index contributed by atoms with van der Waals surface area (Å²) in [7, 11) is 1.70. The summed E-state index contributed by atoms with van der Waals surface area (Å²) in [5.74, 6) is -1.09. The van der Waals surface area contributed by atoms with Gasteiger partial charge in [-0.1, -0.05) is 30.3 Å². The molecule has 1 aromatic rings. The van der Waals surface area contributed by atoms with E-state index in [1.807, 2.05) is 18.2 Å². The third kappa shape index (κ3) is 3.34. The molecule has 4 rings (SSSR count). The van der Waals surface area contributed by atoms with Crippen LogP contribution in [0.25, 0.3) is 0 Å². The van der Waals surface area contributed by atoms with Crippen LogP contribution in [0.15, 0.2) is 30.3 Å². The molecule has 0 saturated carbocycles. The number of halogens is 1. The van der Waals surface area contributed by atoms with Gasteiger partial charge >= 0.3 is 5.97 Å². The minimum Gasteiger partial charge on any atom is -0.632 e. The topological polar surface area (TPSA) is 114 Å². The molecule has 7 nitrogen and oxygen atoms in total. The highest BCUT2D eigenvalue weighted by atomic mass is 79.9. The van der Waals surface area contributed by atoms with E-state index in [4.69, 9.17) is 9.47 Å². The van der Waals surface area contributed by atoms with Crippen molar-refractivity contribution >= 4 is 23.0 Å². The molecule has 1 aromatic carbocycles. The van der Waals surface area contributed by atoms with Crippen LogP contribution in [0.5, 0.6) is 0 Å². The summed E-state index contributed by atoms with van der Waals surface area (Å²) in [6, 6.07) is 8.86. The van der Waals surface area contributed by atoms with Crippen molar-refractivity contribution in [2.45, 2.75) is 49.2 Å². The number of hydroxylamine groups is 3. The molecule has 25 heavy (non-hydrogen) atoms.